The van der Waals surface area contributed by atoms with Crippen molar-refractivity contribution in [3.63, 3.8) is 0 Å². The number of alkyl halides is 3. The topological polar surface area (TPSA) is 56.7 Å². The van der Waals surface area contributed by atoms with Gasteiger partial charge in [-0.25, -0.2) is 4.99 Å². The van der Waals surface area contributed by atoms with Gasteiger partial charge in [-0.3, -0.25) is 4.79 Å². The quantitative estimate of drug-likeness (QED) is 0.413. The minimum absolute atomic E-state index is 0. The number of hydrogen-bond donors (Lipinski definition) is 2. The van der Waals surface area contributed by atoms with Crippen molar-refractivity contribution in [1.82, 2.24) is 15.5 Å². The lowest BCUT2D eigenvalue weighted by Gasteiger charge is -2.24. The Hall–Kier alpha value is -0.740. The first-order valence-electron chi connectivity index (χ1n) is 6.32. The Morgan fingerprint density at radius 1 is 1.24 bits per heavy atom. The fourth-order valence-corrected chi connectivity index (χ4v) is 1.29. The molecule has 0 fully saturated rings. The minimum atomic E-state index is -4.40. The van der Waals surface area contributed by atoms with E-state index in [4.69, 9.17) is 0 Å². The van der Waals surface area contributed by atoms with E-state index >= 15 is 0 Å². The normalized spacial score (nSPS) is 12.5. The van der Waals surface area contributed by atoms with Gasteiger partial charge in [0.05, 0.1) is 0 Å². The molecule has 5 nitrogen and oxygen atoms in total. The molecule has 0 saturated carbocycles. The van der Waals surface area contributed by atoms with E-state index in [2.05, 4.69) is 15.6 Å². The molecule has 2 N–H and O–H groups in total. The van der Waals surface area contributed by atoms with Crippen molar-refractivity contribution in [2.45, 2.75) is 39.4 Å². The van der Waals surface area contributed by atoms with Gasteiger partial charge >= 0.3 is 6.18 Å². The van der Waals surface area contributed by atoms with Crippen LogP contribution in [-0.2, 0) is 4.79 Å². The van der Waals surface area contributed by atoms with Crippen LogP contribution < -0.4 is 10.6 Å². The molecular weight excluding hydrogens is 400 g/mol. The molecule has 0 aliphatic rings. The van der Waals surface area contributed by atoms with Crippen LogP contribution in [0.3, 0.4) is 0 Å². The van der Waals surface area contributed by atoms with Crippen LogP contribution in [-0.4, -0.2) is 55.2 Å². The largest absolute Gasteiger partial charge is 0.406 e. The fourth-order valence-electron chi connectivity index (χ4n) is 1.29. The highest BCUT2D eigenvalue weighted by Crippen LogP contribution is 2.15. The number of nitrogens with zero attached hydrogens (tertiary/aromatic N) is 2. The molecule has 0 saturated heterocycles. The standard InChI is InChI=1S/C12H23F3N4O.HI/c1-6-16-10(18-11(2,3)4)17-7-9(20)19(5)8-12(13,14)15;/h6-8H2,1-5H3,(H2,16,17,18);1H. The summed E-state index contributed by atoms with van der Waals surface area (Å²) in [6.07, 6.45) is -4.40. The molecule has 9 heteroatoms. The van der Waals surface area contributed by atoms with Crippen LogP contribution in [0.4, 0.5) is 13.2 Å². The van der Waals surface area contributed by atoms with Gasteiger partial charge in [0.25, 0.3) is 0 Å². The van der Waals surface area contributed by atoms with E-state index in [-0.39, 0.29) is 36.1 Å². The molecule has 0 aromatic carbocycles. The molecule has 0 atom stereocenters. The highest BCUT2D eigenvalue weighted by atomic mass is 127. The molecule has 21 heavy (non-hydrogen) atoms. The third-order valence-corrected chi connectivity index (χ3v) is 2.05. The molecule has 0 heterocycles. The molecule has 0 aromatic heterocycles. The average Bonchev–Trinajstić information content (AvgIpc) is 2.21. The Balaban J connectivity index is 0. The molecule has 1 amide bonds. The van der Waals surface area contributed by atoms with Crippen molar-refractivity contribution in [3.05, 3.63) is 0 Å². The van der Waals surface area contributed by atoms with Gasteiger partial charge < -0.3 is 15.5 Å². The summed E-state index contributed by atoms with van der Waals surface area (Å²) in [5.41, 5.74) is -0.262. The molecule has 0 spiro atoms. The van der Waals surface area contributed by atoms with E-state index in [9.17, 15) is 18.0 Å². The van der Waals surface area contributed by atoms with Crippen LogP contribution in [0.1, 0.15) is 27.7 Å². The molecule has 0 aliphatic carbocycles. The van der Waals surface area contributed by atoms with E-state index in [0.29, 0.717) is 17.4 Å². The van der Waals surface area contributed by atoms with Gasteiger partial charge in [0.2, 0.25) is 5.91 Å². The second kappa shape index (κ2) is 9.31. The van der Waals surface area contributed by atoms with Gasteiger partial charge in [-0.1, -0.05) is 0 Å². The maximum Gasteiger partial charge on any atom is 0.406 e. The SMILES string of the molecule is CCNC(=NCC(=O)N(C)CC(F)(F)F)NC(C)(C)C.I. The predicted octanol–water partition coefficient (Wildman–Crippen LogP) is 1.98. The monoisotopic (exact) mass is 424 g/mol. The third kappa shape index (κ3) is 12.7. The van der Waals surface area contributed by atoms with Crippen molar-refractivity contribution in [3.8, 4) is 0 Å². The van der Waals surface area contributed by atoms with Gasteiger partial charge in [-0.05, 0) is 27.7 Å². The number of carbonyl (C=O) groups is 1. The first kappa shape index (κ1) is 22.5. The Kier molecular flexibility index (Phi) is 10.00. The maximum atomic E-state index is 12.2. The number of amides is 1. The van der Waals surface area contributed by atoms with E-state index in [0.717, 1.165) is 7.05 Å². The molecule has 0 rings (SSSR count). The van der Waals surface area contributed by atoms with Gasteiger partial charge in [-0.15, -0.1) is 24.0 Å². The highest BCUT2D eigenvalue weighted by molar-refractivity contribution is 14.0. The van der Waals surface area contributed by atoms with Gasteiger partial charge in [0.15, 0.2) is 5.96 Å². The predicted molar refractivity (Wildman–Crippen MR) is 88.0 cm³/mol. The van der Waals surface area contributed by atoms with Crippen LogP contribution in [0.25, 0.3) is 0 Å². The van der Waals surface area contributed by atoms with Crippen molar-refractivity contribution >= 4 is 35.8 Å². The number of rotatable bonds is 4. The summed E-state index contributed by atoms with van der Waals surface area (Å²) in [4.78, 5) is 16.2. The first-order valence-corrected chi connectivity index (χ1v) is 6.32. The van der Waals surface area contributed by atoms with Crippen LogP contribution in [0, 0.1) is 0 Å². The lowest BCUT2D eigenvalue weighted by atomic mass is 10.1. The maximum absolute atomic E-state index is 12.2. The first-order chi connectivity index (χ1) is 8.94. The summed E-state index contributed by atoms with van der Waals surface area (Å²) in [6.45, 7) is 6.58. The number of aliphatic imine (C=N–C) groups is 1. The number of guanidine groups is 1. The summed E-state index contributed by atoms with van der Waals surface area (Å²) in [5.74, 6) is -0.290. The highest BCUT2D eigenvalue weighted by Gasteiger charge is 2.31. The Morgan fingerprint density at radius 2 is 1.76 bits per heavy atom. The Morgan fingerprint density at radius 3 is 2.14 bits per heavy atom. The van der Waals surface area contributed by atoms with Crippen molar-refractivity contribution in [1.29, 1.82) is 0 Å². The van der Waals surface area contributed by atoms with Crippen molar-refractivity contribution < 1.29 is 18.0 Å². The summed E-state index contributed by atoms with van der Waals surface area (Å²) in [5, 5.41) is 5.97. The van der Waals surface area contributed by atoms with E-state index in [1.165, 1.54) is 0 Å². The molecular formula is C12H24F3IN4O. The minimum Gasteiger partial charge on any atom is -0.357 e. The summed E-state index contributed by atoms with van der Waals surface area (Å²) < 4.78 is 36.5. The molecule has 0 unspecified atom stereocenters. The number of hydrogen-bond acceptors (Lipinski definition) is 2. The zero-order chi connectivity index (χ0) is 16.0. The molecule has 0 radical (unpaired) electrons. The molecule has 0 bridgehead atoms. The van der Waals surface area contributed by atoms with Crippen molar-refractivity contribution in [2.75, 3.05) is 26.7 Å². The van der Waals surface area contributed by atoms with E-state index < -0.39 is 18.6 Å². The number of nitrogens with one attached hydrogen (secondary N) is 2. The van der Waals surface area contributed by atoms with Gasteiger partial charge in [0.1, 0.15) is 13.1 Å². The van der Waals surface area contributed by atoms with Crippen LogP contribution in [0.5, 0.6) is 0 Å². The second-order valence-corrected chi connectivity index (χ2v) is 5.44. The van der Waals surface area contributed by atoms with Crippen LogP contribution >= 0.6 is 24.0 Å². The van der Waals surface area contributed by atoms with Gasteiger partial charge in [-0.2, -0.15) is 13.2 Å². The zero-order valence-corrected chi connectivity index (χ0v) is 15.3. The lowest BCUT2D eigenvalue weighted by Crippen LogP contribution is -2.48. The smallest absolute Gasteiger partial charge is 0.357 e. The molecule has 0 aliphatic heterocycles. The van der Waals surface area contributed by atoms with Gasteiger partial charge in [0, 0.05) is 19.1 Å². The number of carbonyl (C=O) groups excluding carboxylic acids is 1. The average molecular weight is 424 g/mol. The molecule has 126 valence electrons. The number of halogens is 4. The molecule has 0 aromatic rings. The summed E-state index contributed by atoms with van der Waals surface area (Å²) in [7, 11) is 1.11. The second-order valence-electron chi connectivity index (χ2n) is 5.44. The summed E-state index contributed by atoms with van der Waals surface area (Å²) >= 11 is 0. The van der Waals surface area contributed by atoms with Crippen LogP contribution in [0.15, 0.2) is 4.99 Å². The zero-order valence-electron chi connectivity index (χ0n) is 13.0. The Bertz CT molecular complexity index is 353. The lowest BCUT2D eigenvalue weighted by molar-refractivity contribution is -0.157. The van der Waals surface area contributed by atoms with E-state index in [1.807, 2.05) is 27.7 Å². The third-order valence-electron chi connectivity index (χ3n) is 2.05. The summed E-state index contributed by atoms with van der Waals surface area (Å²) in [6, 6.07) is 0. The fraction of sp³-hybridized carbons (Fsp3) is 0.833. The Labute approximate surface area is 140 Å². The van der Waals surface area contributed by atoms with E-state index in [1.54, 1.807) is 0 Å². The number of likely N-dealkylation sites (N-methyl/N-ethyl adjacent to an activating group) is 1. The van der Waals surface area contributed by atoms with Crippen molar-refractivity contribution in [2.24, 2.45) is 4.99 Å². The van der Waals surface area contributed by atoms with Crippen LogP contribution in [0.2, 0.25) is 0 Å².